The lowest BCUT2D eigenvalue weighted by molar-refractivity contribution is -0.538. The number of carbonyl (C=O) groups excluding carboxylic acids is 2. The van der Waals surface area contributed by atoms with Crippen molar-refractivity contribution in [1.29, 1.82) is 0 Å². The molecule has 6 nitrogen and oxygen atoms in total. The lowest BCUT2D eigenvalue weighted by atomic mass is 9.94. The maximum atomic E-state index is 12.5. The molecule has 3 heterocycles. The highest BCUT2D eigenvalue weighted by molar-refractivity contribution is 6.30. The molecule has 0 aliphatic carbocycles. The number of imide groups is 1. The number of urea groups is 1. The maximum absolute atomic E-state index is 12.5. The van der Waals surface area contributed by atoms with Gasteiger partial charge in [-0.1, -0.05) is 0 Å². The van der Waals surface area contributed by atoms with E-state index in [1.165, 1.54) is 23.3 Å². The fourth-order valence-corrected chi connectivity index (χ4v) is 3.06. The van der Waals surface area contributed by atoms with Gasteiger partial charge in [-0.05, 0) is 6.42 Å². The molecule has 0 saturated carbocycles. The number of aliphatic imine (C=N–C) groups is 1. The number of amides is 3. The van der Waals surface area contributed by atoms with Crippen molar-refractivity contribution in [3.05, 3.63) is 12.3 Å². The summed E-state index contributed by atoms with van der Waals surface area (Å²) in [6.07, 6.45) is 7.14. The molecule has 1 atom stereocenters. The molecule has 20 heavy (non-hydrogen) atoms. The molecule has 0 spiro atoms. The minimum atomic E-state index is -0.439. The van der Waals surface area contributed by atoms with Gasteiger partial charge in [0.1, 0.15) is 18.9 Å². The Morgan fingerprint density at radius 1 is 1.15 bits per heavy atom. The molecule has 3 amide bonds. The Bertz CT molecular complexity index is 554. The fraction of sp³-hybridized carbons (Fsp3) is 0.571. The molecule has 0 radical (unpaired) electrons. The Morgan fingerprint density at radius 3 is 2.55 bits per heavy atom. The van der Waals surface area contributed by atoms with Crippen molar-refractivity contribution in [2.45, 2.75) is 19.3 Å². The molecule has 3 rings (SSSR count). The third-order valence-electron chi connectivity index (χ3n) is 4.22. The van der Waals surface area contributed by atoms with Crippen LogP contribution in [0.1, 0.15) is 19.3 Å². The minimum absolute atomic E-state index is 0.184. The summed E-state index contributed by atoms with van der Waals surface area (Å²) in [5.41, 5.74) is 0.978. The molecule has 0 aromatic carbocycles. The topological polar surface area (TPSA) is 56.0 Å². The lowest BCUT2D eigenvalue weighted by Gasteiger charge is -2.35. The average molecular weight is 275 g/mol. The summed E-state index contributed by atoms with van der Waals surface area (Å²) in [5, 5.41) is 0. The molecule has 3 aliphatic heterocycles. The molecule has 0 N–H and O–H groups in total. The van der Waals surface area contributed by atoms with Crippen LogP contribution in [0.4, 0.5) is 4.79 Å². The van der Waals surface area contributed by atoms with Gasteiger partial charge in [-0.25, -0.2) is 14.4 Å². The van der Waals surface area contributed by atoms with Crippen molar-refractivity contribution < 1.29 is 14.2 Å². The summed E-state index contributed by atoms with van der Waals surface area (Å²) in [5.74, 6) is -0.0799. The molecule has 0 bridgehead atoms. The second kappa shape index (κ2) is 4.85. The predicted octanol–water partition coefficient (Wildman–Crippen LogP) is 0.690. The van der Waals surface area contributed by atoms with Gasteiger partial charge in [-0.2, -0.15) is 0 Å². The molecular weight excluding hydrogens is 256 g/mol. The quantitative estimate of drug-likeness (QED) is 0.611. The largest absolute Gasteiger partial charge is 0.331 e. The van der Waals surface area contributed by atoms with E-state index in [0.29, 0.717) is 5.84 Å². The first-order valence-corrected chi connectivity index (χ1v) is 7.02. The highest BCUT2D eigenvalue weighted by Crippen LogP contribution is 2.22. The Morgan fingerprint density at radius 2 is 1.85 bits per heavy atom. The van der Waals surface area contributed by atoms with E-state index in [-0.39, 0.29) is 11.9 Å². The summed E-state index contributed by atoms with van der Waals surface area (Å²) < 4.78 is 2.26. The molecule has 106 valence electrons. The maximum Gasteiger partial charge on any atom is 0.331 e. The monoisotopic (exact) mass is 275 g/mol. The van der Waals surface area contributed by atoms with Crippen molar-refractivity contribution >= 4 is 23.5 Å². The smallest absolute Gasteiger partial charge is 0.284 e. The van der Waals surface area contributed by atoms with Gasteiger partial charge in [0.2, 0.25) is 0 Å². The number of hydrogen-bond acceptors (Lipinski definition) is 3. The summed E-state index contributed by atoms with van der Waals surface area (Å²) in [6.45, 7) is 1.94. The van der Waals surface area contributed by atoms with Gasteiger partial charge >= 0.3 is 6.03 Å². The zero-order valence-corrected chi connectivity index (χ0v) is 11.9. The second-order valence-electron chi connectivity index (χ2n) is 5.45. The van der Waals surface area contributed by atoms with Crippen molar-refractivity contribution in [2.24, 2.45) is 10.9 Å². The van der Waals surface area contributed by atoms with Gasteiger partial charge in [0.15, 0.2) is 11.6 Å². The van der Waals surface area contributed by atoms with Crippen LogP contribution >= 0.6 is 0 Å². The van der Waals surface area contributed by atoms with Crippen LogP contribution in [0.25, 0.3) is 0 Å². The number of hydrogen-bond donors (Lipinski definition) is 0. The molecule has 2 saturated heterocycles. The minimum Gasteiger partial charge on any atom is -0.284 e. The first kappa shape index (κ1) is 13.0. The van der Waals surface area contributed by atoms with Crippen LogP contribution in [0.15, 0.2) is 17.3 Å². The van der Waals surface area contributed by atoms with Crippen LogP contribution in [0.2, 0.25) is 0 Å². The van der Waals surface area contributed by atoms with Gasteiger partial charge in [0, 0.05) is 39.2 Å². The zero-order chi connectivity index (χ0) is 14.3. The number of allylic oxidation sites excluding steroid dienone is 1. The Hall–Kier alpha value is -1.98. The molecule has 2 fully saturated rings. The molecule has 3 aliphatic rings. The van der Waals surface area contributed by atoms with Gasteiger partial charge in [-0.15, -0.1) is 0 Å². The molecular formula is C14H19N4O2+. The molecule has 0 aromatic heterocycles. The van der Waals surface area contributed by atoms with Crippen LogP contribution in [0.3, 0.4) is 0 Å². The van der Waals surface area contributed by atoms with Crippen molar-refractivity contribution in [1.82, 2.24) is 9.80 Å². The lowest BCUT2D eigenvalue weighted by Crippen LogP contribution is -2.60. The highest BCUT2D eigenvalue weighted by atomic mass is 16.2. The molecule has 0 aromatic rings. The van der Waals surface area contributed by atoms with Crippen LogP contribution in [0.5, 0.6) is 0 Å². The molecule has 6 heteroatoms. The predicted molar refractivity (Wildman–Crippen MR) is 74.8 cm³/mol. The van der Waals surface area contributed by atoms with E-state index in [4.69, 9.17) is 0 Å². The van der Waals surface area contributed by atoms with Crippen molar-refractivity contribution in [3.63, 3.8) is 0 Å². The zero-order valence-electron chi connectivity index (χ0n) is 11.9. The van der Waals surface area contributed by atoms with Gasteiger partial charge < -0.3 is 0 Å². The highest BCUT2D eigenvalue weighted by Gasteiger charge is 2.47. The second-order valence-corrected chi connectivity index (χ2v) is 5.45. The first-order chi connectivity index (χ1) is 9.61. The van der Waals surface area contributed by atoms with Crippen LogP contribution in [-0.2, 0) is 4.79 Å². The van der Waals surface area contributed by atoms with E-state index in [1.54, 1.807) is 13.2 Å². The van der Waals surface area contributed by atoms with Gasteiger partial charge in [-0.3, -0.25) is 14.6 Å². The van der Waals surface area contributed by atoms with Gasteiger partial charge in [0.25, 0.3) is 5.91 Å². The molecule has 1 unspecified atom stereocenters. The van der Waals surface area contributed by atoms with E-state index in [0.717, 1.165) is 31.6 Å². The van der Waals surface area contributed by atoms with E-state index in [1.807, 2.05) is 6.08 Å². The Kier molecular flexibility index (Phi) is 3.16. The number of amidine groups is 1. The van der Waals surface area contributed by atoms with E-state index >= 15 is 0 Å². The fourth-order valence-electron chi connectivity index (χ4n) is 3.06. The number of nitrogens with zero attached hydrogens (tertiary/aromatic N) is 4. The standard InChI is InChI=1S/C14H19N4O2/c1-16-12-11(13(19)17(2)14(16)20)10(6-7-15-12)18-8-4-3-5-9-18/h6-7,11H,3-5,8-9H2,1-2H3/q+1. The normalized spacial score (nSPS) is 26.9. The SMILES string of the molecule is CN1C(=O)C2C(=NC=CC2=[N+]2CCCCC2)N(C)C1=O. The van der Waals surface area contributed by atoms with Crippen LogP contribution in [0, 0.1) is 5.92 Å². The first-order valence-electron chi connectivity index (χ1n) is 7.02. The summed E-state index contributed by atoms with van der Waals surface area (Å²) in [7, 11) is 3.20. The summed E-state index contributed by atoms with van der Waals surface area (Å²) in [6, 6.07) is -0.321. The summed E-state index contributed by atoms with van der Waals surface area (Å²) in [4.78, 5) is 31.4. The van der Waals surface area contributed by atoms with E-state index in [2.05, 4.69) is 9.57 Å². The van der Waals surface area contributed by atoms with E-state index < -0.39 is 5.92 Å². The van der Waals surface area contributed by atoms with E-state index in [9.17, 15) is 9.59 Å². The van der Waals surface area contributed by atoms with Gasteiger partial charge in [0.05, 0.1) is 0 Å². The Balaban J connectivity index is 2.04. The average Bonchev–Trinajstić information content (AvgIpc) is 2.51. The Labute approximate surface area is 118 Å². The number of piperidine rings is 1. The van der Waals surface area contributed by atoms with Crippen molar-refractivity contribution in [2.75, 3.05) is 27.2 Å². The third kappa shape index (κ3) is 1.87. The van der Waals surface area contributed by atoms with Crippen molar-refractivity contribution in [3.8, 4) is 0 Å². The number of carbonyl (C=O) groups is 2. The summed E-state index contributed by atoms with van der Waals surface area (Å²) >= 11 is 0. The van der Waals surface area contributed by atoms with Crippen LogP contribution in [-0.4, -0.2) is 65.0 Å². The van der Waals surface area contributed by atoms with Crippen LogP contribution < -0.4 is 0 Å². The number of fused-ring (bicyclic) bond motifs is 1. The number of rotatable bonds is 0. The third-order valence-corrected chi connectivity index (χ3v) is 4.22.